The van der Waals surface area contributed by atoms with Crippen LogP contribution in [0.2, 0.25) is 0 Å². The molecule has 134 valence electrons. The second-order valence-electron chi connectivity index (χ2n) is 6.64. The number of amides is 3. The van der Waals surface area contributed by atoms with Crippen LogP contribution in [0.4, 0.5) is 5.69 Å². The number of carbonyl (C=O) groups excluding carboxylic acids is 3. The monoisotopic (exact) mass is 352 g/mol. The predicted molar refractivity (Wildman–Crippen MR) is 96.2 cm³/mol. The molecule has 1 aromatic heterocycles. The van der Waals surface area contributed by atoms with Gasteiger partial charge in [-0.15, -0.1) is 0 Å². The molecule has 0 bridgehead atoms. The lowest BCUT2D eigenvalue weighted by atomic mass is 10.1. The number of piperazine rings is 1. The molecule has 0 unspecified atom stereocenters. The first kappa shape index (κ1) is 16.4. The second-order valence-corrected chi connectivity index (χ2v) is 6.64. The Bertz CT molecular complexity index is 867. The minimum Gasteiger partial charge on any atom is -0.357 e. The van der Waals surface area contributed by atoms with Crippen LogP contribution in [-0.2, 0) is 11.2 Å². The van der Waals surface area contributed by atoms with Crippen molar-refractivity contribution in [2.45, 2.75) is 6.42 Å². The number of anilines is 1. The van der Waals surface area contributed by atoms with Crippen molar-refractivity contribution < 1.29 is 14.4 Å². The molecule has 1 fully saturated rings. The van der Waals surface area contributed by atoms with Crippen molar-refractivity contribution in [1.82, 2.24) is 14.8 Å². The minimum atomic E-state index is -0.0539. The van der Waals surface area contributed by atoms with Gasteiger partial charge in [0.2, 0.25) is 5.91 Å². The molecule has 2 aromatic rings. The van der Waals surface area contributed by atoms with Crippen LogP contribution in [0.25, 0.3) is 0 Å². The third-order valence-corrected chi connectivity index (χ3v) is 5.09. The quantitative estimate of drug-likeness (QED) is 0.880. The molecule has 26 heavy (non-hydrogen) atoms. The van der Waals surface area contributed by atoms with Crippen molar-refractivity contribution >= 4 is 23.4 Å². The molecular weight excluding hydrogens is 332 g/mol. The van der Waals surface area contributed by atoms with Gasteiger partial charge >= 0.3 is 0 Å². The number of hydrogen-bond donors (Lipinski definition) is 1. The summed E-state index contributed by atoms with van der Waals surface area (Å²) in [5.74, 6) is -0.0519. The number of H-pyrrole nitrogens is 1. The Kier molecular flexibility index (Phi) is 3.99. The highest BCUT2D eigenvalue weighted by molar-refractivity contribution is 6.03. The Balaban J connectivity index is 1.42. The summed E-state index contributed by atoms with van der Waals surface area (Å²) in [6.45, 7) is 2.02. The number of nitrogens with one attached hydrogen (secondary N) is 1. The minimum absolute atomic E-state index is 0.0406. The summed E-state index contributed by atoms with van der Waals surface area (Å²) >= 11 is 0. The van der Waals surface area contributed by atoms with Crippen molar-refractivity contribution in [2.24, 2.45) is 0 Å². The molecule has 4 rings (SSSR count). The van der Waals surface area contributed by atoms with E-state index in [0.717, 1.165) is 11.3 Å². The summed E-state index contributed by atoms with van der Waals surface area (Å²) in [4.78, 5) is 45.0. The molecule has 7 nitrogen and oxygen atoms in total. The number of fused-ring (bicyclic) bond motifs is 1. The van der Waals surface area contributed by atoms with Gasteiger partial charge in [0.05, 0.1) is 6.42 Å². The summed E-state index contributed by atoms with van der Waals surface area (Å²) in [6, 6.07) is 8.96. The SMILES string of the molecule is CN1C(=O)Cc2cc(C(=O)N3CCN(C(=O)c4ccc[nH]4)CC3)ccc21. The number of likely N-dealkylation sites (N-methyl/N-ethyl adjacent to an activating group) is 1. The zero-order chi connectivity index (χ0) is 18.3. The molecule has 3 heterocycles. The van der Waals surface area contributed by atoms with Crippen LogP contribution in [0.15, 0.2) is 36.5 Å². The molecule has 0 atom stereocenters. The average molecular weight is 352 g/mol. The maximum atomic E-state index is 12.8. The van der Waals surface area contributed by atoms with Crippen LogP contribution in [0.5, 0.6) is 0 Å². The van der Waals surface area contributed by atoms with Gasteiger partial charge in [-0.05, 0) is 35.9 Å². The normalized spacial score (nSPS) is 16.8. The first-order chi connectivity index (χ1) is 12.5. The third-order valence-electron chi connectivity index (χ3n) is 5.09. The second kappa shape index (κ2) is 6.33. The van der Waals surface area contributed by atoms with Crippen molar-refractivity contribution in [1.29, 1.82) is 0 Å². The molecule has 0 saturated carbocycles. The number of hydrogen-bond acceptors (Lipinski definition) is 3. The van der Waals surface area contributed by atoms with Crippen molar-refractivity contribution in [3.8, 4) is 0 Å². The molecular formula is C19H20N4O3. The summed E-state index contributed by atoms with van der Waals surface area (Å²) in [6.07, 6.45) is 2.06. The zero-order valence-electron chi connectivity index (χ0n) is 14.6. The molecule has 7 heteroatoms. The molecule has 0 radical (unpaired) electrons. The van der Waals surface area contributed by atoms with Gasteiger partial charge in [-0.25, -0.2) is 0 Å². The maximum Gasteiger partial charge on any atom is 0.270 e. The zero-order valence-corrected chi connectivity index (χ0v) is 14.6. The van der Waals surface area contributed by atoms with E-state index in [0.29, 0.717) is 43.9 Å². The number of carbonyl (C=O) groups is 3. The molecule has 1 aromatic carbocycles. The molecule has 0 aliphatic carbocycles. The molecule has 1 saturated heterocycles. The number of benzene rings is 1. The van der Waals surface area contributed by atoms with Crippen LogP contribution >= 0.6 is 0 Å². The van der Waals surface area contributed by atoms with Crippen LogP contribution in [0, 0.1) is 0 Å². The number of rotatable bonds is 2. The Morgan fingerprint density at radius 1 is 1.00 bits per heavy atom. The lowest BCUT2D eigenvalue weighted by Gasteiger charge is -2.34. The Labute approximate surface area is 151 Å². The highest BCUT2D eigenvalue weighted by atomic mass is 16.2. The lowest BCUT2D eigenvalue weighted by Crippen LogP contribution is -2.50. The molecule has 2 aliphatic rings. The maximum absolute atomic E-state index is 12.8. The fraction of sp³-hybridized carbons (Fsp3) is 0.316. The summed E-state index contributed by atoms with van der Waals surface area (Å²) in [5.41, 5.74) is 2.92. The average Bonchev–Trinajstić information content (AvgIpc) is 3.29. The van der Waals surface area contributed by atoms with Gasteiger partial charge in [0.1, 0.15) is 5.69 Å². The first-order valence-electron chi connectivity index (χ1n) is 8.66. The van der Waals surface area contributed by atoms with Crippen LogP contribution in [0.3, 0.4) is 0 Å². The molecule has 1 N–H and O–H groups in total. The summed E-state index contributed by atoms with van der Waals surface area (Å²) < 4.78 is 0. The van der Waals surface area contributed by atoms with Crippen molar-refractivity contribution in [2.75, 3.05) is 38.1 Å². The van der Waals surface area contributed by atoms with Gasteiger partial charge in [0.15, 0.2) is 0 Å². The van der Waals surface area contributed by atoms with Crippen LogP contribution in [-0.4, -0.2) is 65.7 Å². The number of aromatic nitrogens is 1. The van der Waals surface area contributed by atoms with Gasteiger partial charge < -0.3 is 19.7 Å². The summed E-state index contributed by atoms with van der Waals surface area (Å²) in [5, 5.41) is 0. The smallest absolute Gasteiger partial charge is 0.270 e. The van der Waals surface area contributed by atoms with Crippen molar-refractivity contribution in [3.63, 3.8) is 0 Å². The van der Waals surface area contributed by atoms with Gasteiger partial charge in [-0.1, -0.05) is 0 Å². The van der Waals surface area contributed by atoms with E-state index in [1.54, 1.807) is 46.1 Å². The van der Waals surface area contributed by atoms with E-state index in [1.165, 1.54) is 0 Å². The van der Waals surface area contributed by atoms with Crippen LogP contribution < -0.4 is 4.90 Å². The van der Waals surface area contributed by atoms with E-state index >= 15 is 0 Å². The number of nitrogens with zero attached hydrogens (tertiary/aromatic N) is 3. The van der Waals surface area contributed by atoms with Gasteiger partial charge in [-0.2, -0.15) is 0 Å². The largest absolute Gasteiger partial charge is 0.357 e. The summed E-state index contributed by atoms with van der Waals surface area (Å²) in [7, 11) is 1.75. The van der Waals surface area contributed by atoms with E-state index in [4.69, 9.17) is 0 Å². The predicted octanol–water partition coefficient (Wildman–Crippen LogP) is 1.13. The molecule has 3 amide bonds. The van der Waals surface area contributed by atoms with Gasteiger partial charge in [0.25, 0.3) is 11.8 Å². The van der Waals surface area contributed by atoms with E-state index in [-0.39, 0.29) is 17.7 Å². The van der Waals surface area contributed by atoms with E-state index in [2.05, 4.69) is 4.98 Å². The lowest BCUT2D eigenvalue weighted by molar-refractivity contribution is -0.117. The van der Waals surface area contributed by atoms with Gasteiger partial charge in [-0.3, -0.25) is 14.4 Å². The van der Waals surface area contributed by atoms with E-state index < -0.39 is 0 Å². The Hall–Kier alpha value is -3.09. The number of aromatic amines is 1. The standard InChI is InChI=1S/C19H20N4O3/c1-21-16-5-4-13(11-14(16)12-17(21)24)18(25)22-7-9-23(10-8-22)19(26)15-3-2-6-20-15/h2-6,11,20H,7-10,12H2,1H3. The molecule has 2 aliphatic heterocycles. The first-order valence-corrected chi connectivity index (χ1v) is 8.66. The Morgan fingerprint density at radius 2 is 1.69 bits per heavy atom. The van der Waals surface area contributed by atoms with Crippen LogP contribution in [0.1, 0.15) is 26.4 Å². The molecule has 0 spiro atoms. The Morgan fingerprint density at radius 3 is 2.35 bits per heavy atom. The highest BCUT2D eigenvalue weighted by Crippen LogP contribution is 2.28. The van der Waals surface area contributed by atoms with E-state index in [9.17, 15) is 14.4 Å². The highest BCUT2D eigenvalue weighted by Gasteiger charge is 2.28. The fourth-order valence-corrected chi connectivity index (χ4v) is 3.53. The topological polar surface area (TPSA) is 76.7 Å². The third kappa shape index (κ3) is 2.75. The fourth-order valence-electron chi connectivity index (χ4n) is 3.53. The van der Waals surface area contributed by atoms with Crippen molar-refractivity contribution in [3.05, 3.63) is 53.3 Å². The van der Waals surface area contributed by atoms with Gasteiger partial charge in [0, 0.05) is 50.7 Å². The van der Waals surface area contributed by atoms with E-state index in [1.807, 2.05) is 12.1 Å².